The summed E-state index contributed by atoms with van der Waals surface area (Å²) in [5, 5.41) is 0. The molecule has 0 saturated heterocycles. The minimum Gasteiger partial charge on any atom is -0.315 e. The van der Waals surface area contributed by atoms with Gasteiger partial charge in [0.2, 0.25) is 5.91 Å². The highest BCUT2D eigenvalue weighted by Crippen LogP contribution is 2.30. The number of amides is 1. The van der Waals surface area contributed by atoms with Crippen LogP contribution in [0.1, 0.15) is 61.1 Å². The molecule has 3 aromatic rings. The smallest absolute Gasteiger partial charge is 0.229 e. The highest BCUT2D eigenvalue weighted by Gasteiger charge is 2.21. The van der Waals surface area contributed by atoms with Gasteiger partial charge in [-0.15, -0.1) is 0 Å². The molecule has 2 aromatic carbocycles. The van der Waals surface area contributed by atoms with Gasteiger partial charge in [0.25, 0.3) is 0 Å². The van der Waals surface area contributed by atoms with Gasteiger partial charge in [-0.05, 0) is 42.7 Å². The maximum Gasteiger partial charge on any atom is 0.229 e. The lowest BCUT2D eigenvalue weighted by atomic mass is 9.94. The summed E-state index contributed by atoms with van der Waals surface area (Å²) in [6, 6.07) is 13.9. The molecular weight excluding hydrogens is 398 g/mol. The van der Waals surface area contributed by atoms with Gasteiger partial charge in [-0.3, -0.25) is 19.6 Å². The summed E-state index contributed by atoms with van der Waals surface area (Å²) in [6.07, 6.45) is 6.05. The van der Waals surface area contributed by atoms with Crippen molar-refractivity contribution in [2.45, 2.75) is 46.5 Å². The number of carbonyl (C=O) groups is 2. The molecule has 0 radical (unpaired) electrons. The molecule has 0 aliphatic carbocycles. The van der Waals surface area contributed by atoms with Gasteiger partial charge in [-0.2, -0.15) is 0 Å². The number of benzene rings is 2. The second-order valence-electron chi connectivity index (χ2n) is 8.50. The van der Waals surface area contributed by atoms with Crippen molar-refractivity contribution in [3.63, 3.8) is 0 Å². The lowest BCUT2D eigenvalue weighted by Gasteiger charge is -2.22. The summed E-state index contributed by atoms with van der Waals surface area (Å²) in [5.41, 5.74) is 5.21. The summed E-state index contributed by atoms with van der Waals surface area (Å²) < 4.78 is 0. The third-order valence-corrected chi connectivity index (χ3v) is 5.96. The fourth-order valence-electron chi connectivity index (χ4n) is 3.58. The van der Waals surface area contributed by atoms with Gasteiger partial charge >= 0.3 is 0 Å². The first-order valence-electron chi connectivity index (χ1n) is 11.1. The Hall–Kier alpha value is -3.34. The molecular formula is C27H31N3O2. The molecule has 166 valence electrons. The van der Waals surface area contributed by atoms with Crippen LogP contribution < -0.4 is 4.90 Å². The third-order valence-electron chi connectivity index (χ3n) is 5.96. The monoisotopic (exact) mass is 429 g/mol. The van der Waals surface area contributed by atoms with Crippen molar-refractivity contribution in [3.8, 4) is 11.1 Å². The average molecular weight is 430 g/mol. The maximum absolute atomic E-state index is 13.2. The summed E-state index contributed by atoms with van der Waals surface area (Å²) in [5.74, 6) is -0.0800. The Kier molecular flexibility index (Phi) is 7.52. The number of hydrogen-bond donors (Lipinski definition) is 0. The van der Waals surface area contributed by atoms with E-state index in [4.69, 9.17) is 0 Å². The lowest BCUT2D eigenvalue weighted by molar-refractivity contribution is -0.121. The molecule has 5 heteroatoms. The molecule has 32 heavy (non-hydrogen) atoms. The van der Waals surface area contributed by atoms with Crippen LogP contribution in [0.3, 0.4) is 0 Å². The van der Waals surface area contributed by atoms with Crippen molar-refractivity contribution in [3.05, 3.63) is 77.9 Å². The number of hydrogen-bond acceptors (Lipinski definition) is 4. The molecule has 3 rings (SSSR count). The predicted molar refractivity (Wildman–Crippen MR) is 129 cm³/mol. The van der Waals surface area contributed by atoms with Crippen LogP contribution in [0.5, 0.6) is 0 Å². The van der Waals surface area contributed by atoms with Crippen molar-refractivity contribution >= 4 is 17.4 Å². The molecule has 0 spiro atoms. The first-order chi connectivity index (χ1) is 15.3. The minimum absolute atomic E-state index is 0.0164. The SMILES string of the molecule is CCC(C)C(=O)N(C)c1cc(C(=O)CC(C)c2cnccn2)cc(-c2ccc(C)cc2)c1. The standard InChI is InChI=1S/C27H31N3O2/c1-6-19(3)27(32)30(5)24-15-22(21-9-7-18(2)8-10-21)14-23(16-24)26(31)13-20(4)25-17-28-11-12-29-25/h7-12,14-17,19-20H,6,13H2,1-5H3. The second-order valence-corrected chi connectivity index (χ2v) is 8.50. The highest BCUT2D eigenvalue weighted by molar-refractivity contribution is 6.01. The Balaban J connectivity index is 1.98. The van der Waals surface area contributed by atoms with Crippen molar-refractivity contribution in [2.75, 3.05) is 11.9 Å². The quantitative estimate of drug-likeness (QED) is 0.422. The van der Waals surface area contributed by atoms with Crippen molar-refractivity contribution in [1.29, 1.82) is 0 Å². The molecule has 0 N–H and O–H groups in total. The topological polar surface area (TPSA) is 63.2 Å². The maximum atomic E-state index is 13.2. The number of Topliss-reactive ketones (excluding diaryl/α,β-unsaturated/α-hetero) is 1. The van der Waals surface area contributed by atoms with Crippen LogP contribution in [-0.4, -0.2) is 28.7 Å². The molecule has 1 amide bonds. The van der Waals surface area contributed by atoms with Gasteiger partial charge < -0.3 is 4.90 Å². The van der Waals surface area contributed by atoms with Gasteiger partial charge in [0, 0.05) is 55.1 Å². The van der Waals surface area contributed by atoms with Crippen molar-refractivity contribution < 1.29 is 9.59 Å². The molecule has 1 heterocycles. The van der Waals surface area contributed by atoms with E-state index in [0.29, 0.717) is 12.0 Å². The van der Waals surface area contributed by atoms with E-state index in [1.807, 2.05) is 70.2 Å². The third kappa shape index (κ3) is 5.47. The van der Waals surface area contributed by atoms with Gasteiger partial charge in [-0.25, -0.2) is 0 Å². The molecule has 2 unspecified atom stereocenters. The molecule has 2 atom stereocenters. The van der Waals surface area contributed by atoms with Crippen LogP contribution in [0.2, 0.25) is 0 Å². The number of rotatable bonds is 8. The minimum atomic E-state index is -0.0844. The summed E-state index contributed by atoms with van der Waals surface area (Å²) in [7, 11) is 1.78. The zero-order valence-electron chi connectivity index (χ0n) is 19.5. The number of aromatic nitrogens is 2. The molecule has 5 nitrogen and oxygen atoms in total. The first-order valence-corrected chi connectivity index (χ1v) is 11.1. The summed E-state index contributed by atoms with van der Waals surface area (Å²) in [6.45, 7) is 7.95. The molecule has 0 fully saturated rings. The van der Waals surface area contributed by atoms with Crippen LogP contribution in [0.15, 0.2) is 61.1 Å². The van der Waals surface area contributed by atoms with E-state index in [1.54, 1.807) is 30.5 Å². The first kappa shape index (κ1) is 23.3. The van der Waals surface area contributed by atoms with Gasteiger partial charge in [0.05, 0.1) is 5.69 Å². The molecule has 0 bridgehead atoms. The molecule has 1 aromatic heterocycles. The molecule has 0 saturated carbocycles. The predicted octanol–water partition coefficient (Wildman–Crippen LogP) is 5.84. The summed E-state index contributed by atoms with van der Waals surface area (Å²) in [4.78, 5) is 36.2. The Bertz CT molecular complexity index is 1080. The largest absolute Gasteiger partial charge is 0.315 e. The van der Waals surface area contributed by atoms with Crippen molar-refractivity contribution in [2.24, 2.45) is 5.92 Å². The zero-order chi connectivity index (χ0) is 23.3. The highest BCUT2D eigenvalue weighted by atomic mass is 16.2. The van der Waals surface area contributed by atoms with E-state index in [-0.39, 0.29) is 23.5 Å². The van der Waals surface area contributed by atoms with Gasteiger partial charge in [0.1, 0.15) is 0 Å². The van der Waals surface area contributed by atoms with Gasteiger partial charge in [0.15, 0.2) is 5.78 Å². The Morgan fingerprint density at radius 2 is 1.72 bits per heavy atom. The van der Waals surface area contributed by atoms with Crippen LogP contribution in [0, 0.1) is 12.8 Å². The Morgan fingerprint density at radius 1 is 1.00 bits per heavy atom. The fraction of sp³-hybridized carbons (Fsp3) is 0.333. The Morgan fingerprint density at radius 3 is 2.34 bits per heavy atom. The van der Waals surface area contributed by atoms with E-state index in [0.717, 1.165) is 28.9 Å². The normalized spacial score (nSPS) is 12.8. The van der Waals surface area contributed by atoms with Crippen molar-refractivity contribution in [1.82, 2.24) is 9.97 Å². The number of aryl methyl sites for hydroxylation is 1. The summed E-state index contributed by atoms with van der Waals surface area (Å²) >= 11 is 0. The van der Waals surface area contributed by atoms with E-state index < -0.39 is 0 Å². The molecule has 0 aliphatic heterocycles. The van der Waals surface area contributed by atoms with Gasteiger partial charge in [-0.1, -0.05) is 50.6 Å². The number of anilines is 1. The molecule has 0 aliphatic rings. The Labute approximate surface area is 190 Å². The lowest BCUT2D eigenvalue weighted by Crippen LogP contribution is -2.31. The van der Waals surface area contributed by atoms with E-state index in [9.17, 15) is 9.59 Å². The average Bonchev–Trinajstić information content (AvgIpc) is 2.83. The van der Waals surface area contributed by atoms with Crippen LogP contribution in [0.4, 0.5) is 5.69 Å². The van der Waals surface area contributed by atoms with E-state index >= 15 is 0 Å². The van der Waals surface area contributed by atoms with Crippen LogP contribution >= 0.6 is 0 Å². The van der Waals surface area contributed by atoms with Crippen LogP contribution in [0.25, 0.3) is 11.1 Å². The zero-order valence-corrected chi connectivity index (χ0v) is 19.5. The number of ketones is 1. The van der Waals surface area contributed by atoms with E-state index in [1.165, 1.54) is 5.56 Å². The fourth-order valence-corrected chi connectivity index (χ4v) is 3.58. The second kappa shape index (κ2) is 10.3. The van der Waals surface area contributed by atoms with E-state index in [2.05, 4.69) is 9.97 Å². The number of nitrogens with zero attached hydrogens (tertiary/aromatic N) is 3. The van der Waals surface area contributed by atoms with Crippen LogP contribution in [-0.2, 0) is 4.79 Å². The number of carbonyl (C=O) groups excluding carboxylic acids is 2.